The predicted octanol–water partition coefficient (Wildman–Crippen LogP) is 2.60. The van der Waals surface area contributed by atoms with Crippen LogP contribution in [0.25, 0.3) is 0 Å². The Morgan fingerprint density at radius 1 is 1.47 bits per heavy atom. The summed E-state index contributed by atoms with van der Waals surface area (Å²) >= 11 is 0. The smallest absolute Gasteiger partial charge is 0.321 e. The van der Waals surface area contributed by atoms with E-state index in [2.05, 4.69) is 18.6 Å². The zero-order valence-corrected chi connectivity index (χ0v) is 9.41. The zero-order valence-electron chi connectivity index (χ0n) is 9.41. The molecular formula is C12H18O3. The van der Waals surface area contributed by atoms with Crippen molar-refractivity contribution >= 4 is 11.9 Å². The first-order chi connectivity index (χ1) is 7.17. The molecule has 15 heavy (non-hydrogen) atoms. The number of cyclic esters (lactones) is 2. The molecule has 84 valence electrons. The van der Waals surface area contributed by atoms with Crippen LogP contribution in [0.2, 0.25) is 0 Å². The topological polar surface area (TPSA) is 43.4 Å². The lowest BCUT2D eigenvalue weighted by Gasteiger charge is -2.05. The average Bonchev–Trinajstić information content (AvgIpc) is 2.52. The summed E-state index contributed by atoms with van der Waals surface area (Å²) in [5.74, 6) is -1.11. The van der Waals surface area contributed by atoms with E-state index in [1.807, 2.05) is 6.08 Å². The molecule has 1 rings (SSSR count). The van der Waals surface area contributed by atoms with Gasteiger partial charge in [-0.25, -0.2) is 0 Å². The first-order valence-electron chi connectivity index (χ1n) is 5.61. The van der Waals surface area contributed by atoms with E-state index in [-0.39, 0.29) is 18.3 Å². The van der Waals surface area contributed by atoms with Gasteiger partial charge < -0.3 is 4.74 Å². The molecule has 0 aromatic rings. The lowest BCUT2D eigenvalue weighted by Crippen LogP contribution is -2.05. The van der Waals surface area contributed by atoms with Gasteiger partial charge in [0.25, 0.3) is 0 Å². The maximum absolute atomic E-state index is 11.2. The molecule has 0 bridgehead atoms. The van der Waals surface area contributed by atoms with Gasteiger partial charge in [0.05, 0.1) is 12.3 Å². The molecule has 0 aliphatic carbocycles. The molecule has 0 N–H and O–H groups in total. The molecule has 1 atom stereocenters. The Morgan fingerprint density at radius 2 is 2.20 bits per heavy atom. The number of rotatable bonds is 5. The van der Waals surface area contributed by atoms with E-state index < -0.39 is 5.97 Å². The number of carbonyl (C=O) groups excluding carboxylic acids is 2. The number of hydrogen-bond donors (Lipinski definition) is 0. The van der Waals surface area contributed by atoms with Gasteiger partial charge in [0, 0.05) is 0 Å². The zero-order chi connectivity index (χ0) is 11.3. The minimum Gasteiger partial charge on any atom is -0.393 e. The normalized spacial score (nSPS) is 22.0. The van der Waals surface area contributed by atoms with E-state index in [0.29, 0.717) is 0 Å². The molecule has 1 fully saturated rings. The third-order valence-corrected chi connectivity index (χ3v) is 2.65. The number of unbranched alkanes of at least 4 members (excludes halogenated alkanes) is 1. The maximum Gasteiger partial charge on any atom is 0.321 e. The molecule has 3 nitrogen and oxygen atoms in total. The molecule has 3 heteroatoms. The predicted molar refractivity (Wildman–Crippen MR) is 57.1 cm³/mol. The van der Waals surface area contributed by atoms with Gasteiger partial charge >= 0.3 is 11.9 Å². The highest BCUT2D eigenvalue weighted by atomic mass is 16.6. The number of allylic oxidation sites excluding steroid dienone is 1. The summed E-state index contributed by atoms with van der Waals surface area (Å²) in [6, 6.07) is 0. The van der Waals surface area contributed by atoms with Crippen molar-refractivity contribution in [1.82, 2.24) is 0 Å². The van der Waals surface area contributed by atoms with E-state index in [0.717, 1.165) is 25.7 Å². The molecule has 0 amide bonds. The second-order valence-electron chi connectivity index (χ2n) is 3.89. The minimum atomic E-state index is -0.396. The van der Waals surface area contributed by atoms with Gasteiger partial charge in [-0.15, -0.1) is 0 Å². The van der Waals surface area contributed by atoms with Crippen molar-refractivity contribution < 1.29 is 14.3 Å². The van der Waals surface area contributed by atoms with Crippen LogP contribution < -0.4 is 0 Å². The Hall–Kier alpha value is -1.12. The fourth-order valence-electron chi connectivity index (χ4n) is 1.69. The first kappa shape index (κ1) is 12.0. The van der Waals surface area contributed by atoms with Crippen LogP contribution in [-0.2, 0) is 14.3 Å². The summed E-state index contributed by atoms with van der Waals surface area (Å²) in [5, 5.41) is 0. The molecule has 0 spiro atoms. The molecule has 0 aromatic carbocycles. The highest BCUT2D eigenvalue weighted by molar-refractivity contribution is 5.95. The molecule has 0 aromatic heterocycles. The standard InChI is InChI=1S/C12H18O3/c1-3-5-6-9(4-2)7-10-8-11(13)15-12(10)14/h7,10H,3-6,8H2,1-2H3/b9-7+. The van der Waals surface area contributed by atoms with Crippen LogP contribution in [0.3, 0.4) is 0 Å². The molecule has 1 unspecified atom stereocenters. The molecule has 1 heterocycles. The van der Waals surface area contributed by atoms with Crippen molar-refractivity contribution in [2.45, 2.75) is 46.0 Å². The Kier molecular flexibility index (Phi) is 4.53. The summed E-state index contributed by atoms with van der Waals surface area (Å²) in [7, 11) is 0. The summed E-state index contributed by atoms with van der Waals surface area (Å²) in [5.41, 5.74) is 1.26. The first-order valence-corrected chi connectivity index (χ1v) is 5.61. The van der Waals surface area contributed by atoms with Crippen molar-refractivity contribution in [3.63, 3.8) is 0 Å². The van der Waals surface area contributed by atoms with Gasteiger partial charge in [-0.1, -0.05) is 31.9 Å². The van der Waals surface area contributed by atoms with Gasteiger partial charge in [0.1, 0.15) is 0 Å². The molecule has 0 saturated carbocycles. The van der Waals surface area contributed by atoms with Gasteiger partial charge in [-0.3, -0.25) is 9.59 Å². The fraction of sp³-hybridized carbons (Fsp3) is 0.667. The Balaban J connectivity index is 2.58. The van der Waals surface area contributed by atoms with Crippen LogP contribution in [0, 0.1) is 5.92 Å². The number of esters is 2. The summed E-state index contributed by atoms with van der Waals surface area (Å²) < 4.78 is 4.50. The lowest BCUT2D eigenvalue weighted by atomic mass is 9.99. The van der Waals surface area contributed by atoms with Crippen LogP contribution in [0.1, 0.15) is 46.0 Å². The Labute approximate surface area is 90.5 Å². The van der Waals surface area contributed by atoms with Gasteiger partial charge in [0.2, 0.25) is 0 Å². The number of hydrogen-bond acceptors (Lipinski definition) is 3. The van der Waals surface area contributed by atoms with E-state index in [1.165, 1.54) is 5.57 Å². The maximum atomic E-state index is 11.2. The quantitative estimate of drug-likeness (QED) is 0.398. The third kappa shape index (κ3) is 3.50. The summed E-state index contributed by atoms with van der Waals surface area (Å²) in [6.45, 7) is 4.21. The average molecular weight is 210 g/mol. The minimum absolute atomic E-state index is 0.217. The second kappa shape index (κ2) is 5.69. The summed E-state index contributed by atoms with van der Waals surface area (Å²) in [6.07, 6.45) is 6.38. The lowest BCUT2D eigenvalue weighted by molar-refractivity contribution is -0.152. The monoisotopic (exact) mass is 210 g/mol. The van der Waals surface area contributed by atoms with E-state index in [9.17, 15) is 9.59 Å². The van der Waals surface area contributed by atoms with E-state index in [4.69, 9.17) is 0 Å². The molecule has 0 radical (unpaired) electrons. The van der Waals surface area contributed by atoms with Crippen LogP contribution in [-0.4, -0.2) is 11.9 Å². The molecule has 1 aliphatic rings. The van der Waals surface area contributed by atoms with Crippen molar-refractivity contribution in [3.8, 4) is 0 Å². The van der Waals surface area contributed by atoms with Crippen LogP contribution >= 0.6 is 0 Å². The number of ether oxygens (including phenoxy) is 1. The molecule has 1 aliphatic heterocycles. The van der Waals surface area contributed by atoms with Crippen molar-refractivity contribution in [2.24, 2.45) is 5.92 Å². The largest absolute Gasteiger partial charge is 0.393 e. The Bertz CT molecular complexity index is 279. The van der Waals surface area contributed by atoms with Gasteiger partial charge in [0.15, 0.2) is 0 Å². The highest BCUT2D eigenvalue weighted by Gasteiger charge is 2.31. The fourth-order valence-corrected chi connectivity index (χ4v) is 1.69. The van der Waals surface area contributed by atoms with Crippen molar-refractivity contribution in [1.29, 1.82) is 0 Å². The molecular weight excluding hydrogens is 192 g/mol. The van der Waals surface area contributed by atoms with Crippen LogP contribution in [0.15, 0.2) is 11.6 Å². The second-order valence-corrected chi connectivity index (χ2v) is 3.89. The van der Waals surface area contributed by atoms with E-state index >= 15 is 0 Å². The summed E-state index contributed by atoms with van der Waals surface area (Å²) in [4.78, 5) is 22.1. The van der Waals surface area contributed by atoms with Crippen molar-refractivity contribution in [3.05, 3.63) is 11.6 Å². The van der Waals surface area contributed by atoms with Gasteiger partial charge in [-0.05, 0) is 19.3 Å². The third-order valence-electron chi connectivity index (χ3n) is 2.65. The van der Waals surface area contributed by atoms with Crippen LogP contribution in [0.4, 0.5) is 0 Å². The number of carbonyl (C=O) groups is 2. The van der Waals surface area contributed by atoms with Gasteiger partial charge in [-0.2, -0.15) is 0 Å². The highest BCUT2D eigenvalue weighted by Crippen LogP contribution is 2.22. The van der Waals surface area contributed by atoms with E-state index in [1.54, 1.807) is 0 Å². The SMILES string of the molecule is CCCC/C(=C/C1CC(=O)OC1=O)CC. The van der Waals surface area contributed by atoms with Crippen LogP contribution in [0.5, 0.6) is 0 Å². The Morgan fingerprint density at radius 3 is 2.67 bits per heavy atom. The molecule has 1 saturated heterocycles. The van der Waals surface area contributed by atoms with Crippen molar-refractivity contribution in [2.75, 3.05) is 0 Å².